The lowest BCUT2D eigenvalue weighted by Crippen LogP contribution is -2.33. The second kappa shape index (κ2) is 7.18. The standard InChI is InChI=1S/C17H25N7O/c1-11-12(2)21-15(17(25)18-3)22-16(11)24-6-5-14(10-24)19-7-13-8-20-23(4)9-13/h8-9,14,19H,5-7,10H2,1-4H3,(H,18,25)/t14-/m1/s1. The summed E-state index contributed by atoms with van der Waals surface area (Å²) in [7, 11) is 3.51. The van der Waals surface area contributed by atoms with Crippen molar-refractivity contribution in [2.75, 3.05) is 25.0 Å². The molecule has 0 aliphatic carbocycles. The van der Waals surface area contributed by atoms with Gasteiger partial charge in [0.25, 0.3) is 5.91 Å². The van der Waals surface area contributed by atoms with E-state index in [0.717, 1.165) is 43.1 Å². The monoisotopic (exact) mass is 343 g/mol. The van der Waals surface area contributed by atoms with E-state index in [4.69, 9.17) is 0 Å². The van der Waals surface area contributed by atoms with Gasteiger partial charge in [0, 0.05) is 62.8 Å². The van der Waals surface area contributed by atoms with Gasteiger partial charge in [-0.25, -0.2) is 9.97 Å². The first-order chi connectivity index (χ1) is 12.0. The Balaban J connectivity index is 1.68. The predicted octanol–water partition coefficient (Wildman–Crippen LogP) is 0.555. The third kappa shape index (κ3) is 3.79. The van der Waals surface area contributed by atoms with Crippen molar-refractivity contribution in [3.63, 3.8) is 0 Å². The van der Waals surface area contributed by atoms with E-state index in [1.54, 1.807) is 7.05 Å². The number of rotatable bonds is 5. The van der Waals surface area contributed by atoms with Gasteiger partial charge < -0.3 is 15.5 Å². The minimum Gasteiger partial charge on any atom is -0.355 e. The lowest BCUT2D eigenvalue weighted by molar-refractivity contribution is 0.0952. The van der Waals surface area contributed by atoms with Crippen LogP contribution in [0.3, 0.4) is 0 Å². The number of carbonyl (C=O) groups excluding carboxylic acids is 1. The summed E-state index contributed by atoms with van der Waals surface area (Å²) >= 11 is 0. The average Bonchev–Trinajstić information content (AvgIpc) is 3.23. The summed E-state index contributed by atoms with van der Waals surface area (Å²) < 4.78 is 1.81. The molecule has 8 heteroatoms. The van der Waals surface area contributed by atoms with E-state index in [1.807, 2.05) is 38.0 Å². The van der Waals surface area contributed by atoms with Gasteiger partial charge in [-0.3, -0.25) is 9.48 Å². The average molecular weight is 343 g/mol. The highest BCUT2D eigenvalue weighted by Crippen LogP contribution is 2.24. The fourth-order valence-electron chi connectivity index (χ4n) is 3.08. The van der Waals surface area contributed by atoms with E-state index in [1.165, 1.54) is 5.56 Å². The Bertz CT molecular complexity index is 770. The van der Waals surface area contributed by atoms with Crippen LogP contribution in [0, 0.1) is 13.8 Å². The van der Waals surface area contributed by atoms with Crippen LogP contribution in [0.4, 0.5) is 5.82 Å². The first-order valence-electron chi connectivity index (χ1n) is 8.51. The van der Waals surface area contributed by atoms with Gasteiger partial charge in [0.15, 0.2) is 0 Å². The van der Waals surface area contributed by atoms with Gasteiger partial charge in [-0.2, -0.15) is 5.10 Å². The molecule has 0 radical (unpaired) electrons. The van der Waals surface area contributed by atoms with E-state index in [0.29, 0.717) is 6.04 Å². The van der Waals surface area contributed by atoms with Crippen molar-refractivity contribution in [1.82, 2.24) is 30.4 Å². The quantitative estimate of drug-likeness (QED) is 0.825. The number of anilines is 1. The summed E-state index contributed by atoms with van der Waals surface area (Å²) in [6.45, 7) is 6.51. The second-order valence-electron chi connectivity index (χ2n) is 6.50. The van der Waals surface area contributed by atoms with Crippen LogP contribution in [0.2, 0.25) is 0 Å². The number of hydrogen-bond acceptors (Lipinski definition) is 6. The zero-order valence-corrected chi connectivity index (χ0v) is 15.2. The number of carbonyl (C=O) groups is 1. The summed E-state index contributed by atoms with van der Waals surface area (Å²) in [6.07, 6.45) is 4.94. The maximum Gasteiger partial charge on any atom is 0.288 e. The SMILES string of the molecule is CNC(=O)c1nc(C)c(C)c(N2CC[C@@H](NCc3cnn(C)c3)C2)n1. The van der Waals surface area contributed by atoms with Gasteiger partial charge in [0.1, 0.15) is 5.82 Å². The molecule has 1 aliphatic heterocycles. The third-order valence-electron chi connectivity index (χ3n) is 4.63. The van der Waals surface area contributed by atoms with E-state index in [9.17, 15) is 4.79 Å². The smallest absolute Gasteiger partial charge is 0.288 e. The van der Waals surface area contributed by atoms with E-state index in [-0.39, 0.29) is 11.7 Å². The van der Waals surface area contributed by atoms with E-state index in [2.05, 4.69) is 30.6 Å². The molecule has 3 rings (SSSR count). The molecule has 1 aliphatic rings. The molecule has 0 unspecified atom stereocenters. The van der Waals surface area contributed by atoms with Crippen LogP contribution < -0.4 is 15.5 Å². The molecule has 0 aromatic carbocycles. The molecule has 2 aromatic heterocycles. The van der Waals surface area contributed by atoms with Gasteiger partial charge in [-0.15, -0.1) is 0 Å². The van der Waals surface area contributed by atoms with Crippen molar-refractivity contribution in [2.24, 2.45) is 7.05 Å². The minimum atomic E-state index is -0.255. The molecule has 8 nitrogen and oxygen atoms in total. The zero-order valence-electron chi connectivity index (χ0n) is 15.2. The molecule has 25 heavy (non-hydrogen) atoms. The summed E-state index contributed by atoms with van der Waals surface area (Å²) in [6, 6.07) is 0.387. The van der Waals surface area contributed by atoms with Gasteiger partial charge in [-0.1, -0.05) is 0 Å². The number of aryl methyl sites for hydroxylation is 2. The van der Waals surface area contributed by atoms with E-state index < -0.39 is 0 Å². The van der Waals surface area contributed by atoms with Gasteiger partial charge in [0.05, 0.1) is 6.20 Å². The molecular formula is C17H25N7O. The normalized spacial score (nSPS) is 17.1. The van der Waals surface area contributed by atoms with Crippen molar-refractivity contribution in [2.45, 2.75) is 32.9 Å². The zero-order chi connectivity index (χ0) is 18.0. The van der Waals surface area contributed by atoms with Gasteiger partial charge in [0.2, 0.25) is 5.82 Å². The molecule has 0 bridgehead atoms. The largest absolute Gasteiger partial charge is 0.355 e. The highest BCUT2D eigenvalue weighted by molar-refractivity contribution is 5.90. The topological polar surface area (TPSA) is 88.0 Å². The highest BCUT2D eigenvalue weighted by atomic mass is 16.2. The Hall–Kier alpha value is -2.48. The third-order valence-corrected chi connectivity index (χ3v) is 4.63. The first kappa shape index (κ1) is 17.3. The first-order valence-corrected chi connectivity index (χ1v) is 8.51. The van der Waals surface area contributed by atoms with Crippen molar-refractivity contribution in [3.8, 4) is 0 Å². The lowest BCUT2D eigenvalue weighted by atomic mass is 10.2. The molecule has 1 fully saturated rings. The predicted molar refractivity (Wildman–Crippen MR) is 95.6 cm³/mol. The Morgan fingerprint density at radius 2 is 2.16 bits per heavy atom. The molecule has 1 atom stereocenters. The van der Waals surface area contributed by atoms with Crippen LogP contribution in [-0.4, -0.2) is 51.8 Å². The molecule has 0 saturated carbocycles. The van der Waals surface area contributed by atoms with Crippen molar-refractivity contribution in [3.05, 3.63) is 35.0 Å². The van der Waals surface area contributed by atoms with Crippen LogP contribution in [0.5, 0.6) is 0 Å². The maximum atomic E-state index is 11.9. The van der Waals surface area contributed by atoms with Crippen molar-refractivity contribution >= 4 is 11.7 Å². The van der Waals surface area contributed by atoms with E-state index >= 15 is 0 Å². The van der Waals surface area contributed by atoms with Crippen molar-refractivity contribution < 1.29 is 4.79 Å². The summed E-state index contributed by atoms with van der Waals surface area (Å²) in [5, 5.41) is 10.4. The Kier molecular flexibility index (Phi) is 4.98. The van der Waals surface area contributed by atoms with Crippen LogP contribution >= 0.6 is 0 Å². The molecule has 2 aromatic rings. The lowest BCUT2D eigenvalue weighted by Gasteiger charge is -2.21. The fourth-order valence-corrected chi connectivity index (χ4v) is 3.08. The second-order valence-corrected chi connectivity index (χ2v) is 6.50. The fraction of sp³-hybridized carbons (Fsp3) is 0.529. The summed E-state index contributed by atoms with van der Waals surface area (Å²) in [5.74, 6) is 0.832. The molecule has 1 amide bonds. The van der Waals surface area contributed by atoms with Crippen LogP contribution in [0.1, 0.15) is 33.9 Å². The molecule has 134 valence electrons. The molecule has 1 saturated heterocycles. The molecule has 2 N–H and O–H groups in total. The Morgan fingerprint density at radius 1 is 1.36 bits per heavy atom. The van der Waals surface area contributed by atoms with Crippen LogP contribution in [0.25, 0.3) is 0 Å². The highest BCUT2D eigenvalue weighted by Gasteiger charge is 2.26. The van der Waals surface area contributed by atoms with Crippen LogP contribution in [0.15, 0.2) is 12.4 Å². The molecule has 3 heterocycles. The van der Waals surface area contributed by atoms with Gasteiger partial charge in [-0.05, 0) is 20.3 Å². The minimum absolute atomic E-state index is 0.229. The Labute approximate surface area is 147 Å². The molecule has 0 spiro atoms. The number of hydrogen-bond donors (Lipinski definition) is 2. The number of nitrogens with zero attached hydrogens (tertiary/aromatic N) is 5. The number of aromatic nitrogens is 4. The molecular weight excluding hydrogens is 318 g/mol. The van der Waals surface area contributed by atoms with Gasteiger partial charge >= 0.3 is 0 Å². The number of amides is 1. The maximum absolute atomic E-state index is 11.9. The Morgan fingerprint density at radius 3 is 2.84 bits per heavy atom. The van der Waals surface area contributed by atoms with Crippen molar-refractivity contribution in [1.29, 1.82) is 0 Å². The summed E-state index contributed by atoms with van der Waals surface area (Å²) in [4.78, 5) is 22.9. The van der Waals surface area contributed by atoms with Crippen LogP contribution in [-0.2, 0) is 13.6 Å². The summed E-state index contributed by atoms with van der Waals surface area (Å²) in [5.41, 5.74) is 3.05. The number of nitrogens with one attached hydrogen (secondary N) is 2.